The van der Waals surface area contributed by atoms with Crippen molar-refractivity contribution in [3.05, 3.63) is 12.3 Å². The minimum absolute atomic E-state index is 0.0402. The average Bonchev–Trinajstić information content (AvgIpc) is 2.01. The van der Waals surface area contributed by atoms with E-state index in [0.717, 1.165) is 6.26 Å². The summed E-state index contributed by atoms with van der Waals surface area (Å²) < 4.78 is 25.6. The van der Waals surface area contributed by atoms with Gasteiger partial charge in [-0.15, -0.1) is 0 Å². The molecule has 13 heavy (non-hydrogen) atoms. The fraction of sp³-hybridized carbons (Fsp3) is 0.571. The van der Waals surface area contributed by atoms with Crippen LogP contribution in [0.4, 0.5) is 0 Å². The minimum Gasteiger partial charge on any atom is -0.466 e. The lowest BCUT2D eigenvalue weighted by atomic mass is 10.6. The van der Waals surface area contributed by atoms with Crippen molar-refractivity contribution in [1.29, 1.82) is 0 Å². The maximum absolute atomic E-state index is 10.6. The second-order valence-corrected chi connectivity index (χ2v) is 4.70. The molecule has 0 aromatic rings. The van der Waals surface area contributed by atoms with E-state index in [1.165, 1.54) is 19.4 Å². The Morgan fingerprint density at radius 3 is 2.62 bits per heavy atom. The number of sulfone groups is 1. The Morgan fingerprint density at radius 2 is 2.15 bits per heavy atom. The smallest absolute Gasteiger partial charge is 0.331 e. The Balaban J connectivity index is 3.58. The van der Waals surface area contributed by atoms with Gasteiger partial charge < -0.3 is 10.1 Å². The summed E-state index contributed by atoms with van der Waals surface area (Å²) in [6.45, 7) is 0.284. The summed E-state index contributed by atoms with van der Waals surface area (Å²) in [6, 6.07) is 0. The van der Waals surface area contributed by atoms with Gasteiger partial charge in [0.15, 0.2) is 0 Å². The van der Waals surface area contributed by atoms with Crippen molar-refractivity contribution in [2.75, 3.05) is 25.7 Å². The molecule has 0 radical (unpaired) electrons. The summed E-state index contributed by atoms with van der Waals surface area (Å²) in [5.41, 5.74) is 0. The molecule has 5 nitrogen and oxygen atoms in total. The highest BCUT2D eigenvalue weighted by atomic mass is 32.2. The normalized spacial score (nSPS) is 11.5. The minimum atomic E-state index is -2.94. The average molecular weight is 207 g/mol. The largest absolute Gasteiger partial charge is 0.466 e. The van der Waals surface area contributed by atoms with Crippen LogP contribution in [0.2, 0.25) is 0 Å². The number of carbonyl (C=O) groups excluding carboxylic acids is 1. The van der Waals surface area contributed by atoms with Gasteiger partial charge in [-0.3, -0.25) is 0 Å². The van der Waals surface area contributed by atoms with Crippen LogP contribution in [-0.2, 0) is 19.4 Å². The third kappa shape index (κ3) is 8.87. The molecule has 0 heterocycles. The highest BCUT2D eigenvalue weighted by Crippen LogP contribution is 1.80. The zero-order valence-corrected chi connectivity index (χ0v) is 8.43. The Labute approximate surface area is 77.7 Å². The van der Waals surface area contributed by atoms with E-state index in [4.69, 9.17) is 0 Å². The topological polar surface area (TPSA) is 72.5 Å². The van der Waals surface area contributed by atoms with Crippen LogP contribution in [0.3, 0.4) is 0 Å². The van der Waals surface area contributed by atoms with Crippen LogP contribution in [0, 0.1) is 0 Å². The summed E-state index contributed by atoms with van der Waals surface area (Å²) in [4.78, 5) is 10.5. The highest BCUT2D eigenvalue weighted by Gasteiger charge is 1.98. The lowest BCUT2D eigenvalue weighted by Crippen LogP contribution is -2.17. The maximum Gasteiger partial charge on any atom is 0.331 e. The van der Waals surface area contributed by atoms with E-state index in [2.05, 4.69) is 10.1 Å². The van der Waals surface area contributed by atoms with Crippen molar-refractivity contribution in [1.82, 2.24) is 5.32 Å². The molecule has 0 amide bonds. The van der Waals surface area contributed by atoms with E-state index < -0.39 is 15.8 Å². The van der Waals surface area contributed by atoms with Crippen LogP contribution in [0.1, 0.15) is 0 Å². The number of hydrogen-bond acceptors (Lipinski definition) is 5. The first-order valence-corrected chi connectivity index (χ1v) is 5.67. The van der Waals surface area contributed by atoms with Gasteiger partial charge in [-0.1, -0.05) is 0 Å². The van der Waals surface area contributed by atoms with Gasteiger partial charge in [-0.2, -0.15) is 0 Å². The van der Waals surface area contributed by atoms with E-state index in [0.29, 0.717) is 0 Å². The molecule has 0 aromatic carbocycles. The van der Waals surface area contributed by atoms with E-state index in [1.807, 2.05) is 0 Å². The van der Waals surface area contributed by atoms with Gasteiger partial charge in [0.1, 0.15) is 9.84 Å². The zero-order valence-electron chi connectivity index (χ0n) is 7.61. The fourth-order valence-electron chi connectivity index (χ4n) is 0.523. The quantitative estimate of drug-likeness (QED) is 0.367. The molecule has 0 rings (SSSR count). The molecule has 0 atom stereocenters. The van der Waals surface area contributed by atoms with E-state index in [9.17, 15) is 13.2 Å². The van der Waals surface area contributed by atoms with Crippen molar-refractivity contribution in [3.63, 3.8) is 0 Å². The molecule has 0 aromatic heterocycles. The molecule has 0 fully saturated rings. The molecule has 0 bridgehead atoms. The Kier molecular flexibility index (Phi) is 5.13. The molecule has 0 spiro atoms. The number of esters is 1. The summed E-state index contributed by atoms with van der Waals surface area (Å²) in [5, 5.41) is 2.65. The SMILES string of the molecule is COC(=O)/C=C/NCCS(C)(=O)=O. The molecule has 6 heteroatoms. The van der Waals surface area contributed by atoms with Gasteiger partial charge in [-0.25, -0.2) is 13.2 Å². The fourth-order valence-corrected chi connectivity index (χ4v) is 1.01. The lowest BCUT2D eigenvalue weighted by Gasteiger charge is -1.97. The van der Waals surface area contributed by atoms with Crippen molar-refractivity contribution >= 4 is 15.8 Å². The monoisotopic (exact) mass is 207 g/mol. The van der Waals surface area contributed by atoms with Crippen LogP contribution in [0.25, 0.3) is 0 Å². The number of nitrogens with one attached hydrogen (secondary N) is 1. The molecular weight excluding hydrogens is 194 g/mol. The second-order valence-electron chi connectivity index (χ2n) is 2.44. The van der Waals surface area contributed by atoms with Crippen LogP contribution < -0.4 is 5.32 Å². The summed E-state index contributed by atoms with van der Waals surface area (Å²) in [6.07, 6.45) is 3.69. The molecule has 0 aliphatic carbocycles. The molecular formula is C7H13NO4S. The van der Waals surface area contributed by atoms with Gasteiger partial charge in [0.2, 0.25) is 0 Å². The maximum atomic E-state index is 10.6. The van der Waals surface area contributed by atoms with Gasteiger partial charge in [-0.05, 0) is 0 Å². The standard InChI is InChI=1S/C7H13NO4S/c1-12-7(9)3-4-8-5-6-13(2,10)11/h3-4,8H,5-6H2,1-2H3/b4-3+. The van der Waals surface area contributed by atoms with Crippen molar-refractivity contribution in [2.24, 2.45) is 0 Å². The zero-order chi connectivity index (χ0) is 10.3. The van der Waals surface area contributed by atoms with E-state index in [-0.39, 0.29) is 12.3 Å². The second kappa shape index (κ2) is 5.58. The van der Waals surface area contributed by atoms with Crippen LogP contribution in [0.5, 0.6) is 0 Å². The first kappa shape index (κ1) is 12.0. The molecule has 0 saturated heterocycles. The van der Waals surface area contributed by atoms with Gasteiger partial charge >= 0.3 is 5.97 Å². The summed E-state index contributed by atoms with van der Waals surface area (Å²) in [7, 11) is -1.68. The van der Waals surface area contributed by atoms with E-state index >= 15 is 0 Å². The predicted molar refractivity (Wildman–Crippen MR) is 48.9 cm³/mol. The van der Waals surface area contributed by atoms with Gasteiger partial charge in [0.25, 0.3) is 0 Å². The predicted octanol–water partition coefficient (Wildman–Crippen LogP) is -0.693. The highest BCUT2D eigenvalue weighted by molar-refractivity contribution is 7.90. The molecule has 0 aliphatic heterocycles. The molecule has 0 aliphatic rings. The number of hydrogen-bond donors (Lipinski definition) is 1. The summed E-state index contributed by atoms with van der Waals surface area (Å²) >= 11 is 0. The molecule has 0 saturated carbocycles. The lowest BCUT2D eigenvalue weighted by molar-refractivity contribution is -0.134. The van der Waals surface area contributed by atoms with Crippen LogP contribution in [-0.4, -0.2) is 40.1 Å². The molecule has 76 valence electrons. The van der Waals surface area contributed by atoms with Crippen molar-refractivity contribution in [3.8, 4) is 0 Å². The van der Waals surface area contributed by atoms with Crippen LogP contribution in [0.15, 0.2) is 12.3 Å². The van der Waals surface area contributed by atoms with Crippen LogP contribution >= 0.6 is 0 Å². The number of methoxy groups -OCH3 is 1. The third-order valence-corrected chi connectivity index (χ3v) is 2.10. The number of ether oxygens (including phenoxy) is 1. The molecule has 1 N–H and O–H groups in total. The van der Waals surface area contributed by atoms with Crippen molar-refractivity contribution in [2.45, 2.75) is 0 Å². The van der Waals surface area contributed by atoms with E-state index in [1.54, 1.807) is 0 Å². The Bertz CT molecular complexity index is 281. The molecule has 0 unspecified atom stereocenters. The number of carbonyl (C=O) groups is 1. The first-order chi connectivity index (χ1) is 5.95. The summed E-state index contributed by atoms with van der Waals surface area (Å²) in [5.74, 6) is -0.440. The Hall–Kier alpha value is -1.04. The van der Waals surface area contributed by atoms with Gasteiger partial charge in [0.05, 0.1) is 12.9 Å². The first-order valence-electron chi connectivity index (χ1n) is 3.61. The van der Waals surface area contributed by atoms with Crippen molar-refractivity contribution < 1.29 is 17.9 Å². The third-order valence-electron chi connectivity index (χ3n) is 1.16. The number of rotatable bonds is 5. The Morgan fingerprint density at radius 1 is 1.54 bits per heavy atom. The van der Waals surface area contributed by atoms with Gasteiger partial charge in [0, 0.05) is 25.1 Å².